The summed E-state index contributed by atoms with van der Waals surface area (Å²) in [6.07, 6.45) is 4.55. The molecule has 1 N–H and O–H groups in total. The van der Waals surface area contributed by atoms with E-state index in [0.717, 1.165) is 77.2 Å². The number of piperazine rings is 1. The van der Waals surface area contributed by atoms with E-state index < -0.39 is 0 Å². The predicted octanol–water partition coefficient (Wildman–Crippen LogP) is 5.53. The van der Waals surface area contributed by atoms with Gasteiger partial charge in [-0.05, 0) is 36.6 Å². The van der Waals surface area contributed by atoms with Crippen LogP contribution >= 0.6 is 22.9 Å². The first-order chi connectivity index (χ1) is 15.2. The number of nitrogens with one attached hydrogen (secondary N) is 1. The van der Waals surface area contributed by atoms with Crippen LogP contribution in [0.2, 0.25) is 5.02 Å². The standard InChI is InChI=1S/C24H27ClN4OS/c25-22-18(16-28-12-14-29(15-13-28)23(30)17-6-1-2-7-17)8-5-10-20(22)27-24-26-19-9-3-4-11-21(19)31-24/h3-5,8-11,17H,1-2,6-7,12-16H2,(H,26,27). The van der Waals surface area contributed by atoms with Crippen LogP contribution < -0.4 is 5.32 Å². The summed E-state index contributed by atoms with van der Waals surface area (Å²) in [5, 5.41) is 4.98. The number of hydrogen-bond acceptors (Lipinski definition) is 5. The van der Waals surface area contributed by atoms with Gasteiger partial charge < -0.3 is 10.2 Å². The Labute approximate surface area is 192 Å². The van der Waals surface area contributed by atoms with Gasteiger partial charge in [0.2, 0.25) is 5.91 Å². The number of fused-ring (bicyclic) bond motifs is 1. The van der Waals surface area contributed by atoms with Crippen molar-refractivity contribution in [1.82, 2.24) is 14.8 Å². The molecule has 1 amide bonds. The number of halogens is 1. The van der Waals surface area contributed by atoms with Crippen molar-refractivity contribution in [2.75, 3.05) is 31.5 Å². The minimum atomic E-state index is 0.270. The lowest BCUT2D eigenvalue weighted by Crippen LogP contribution is -2.49. The molecule has 5 nitrogen and oxygen atoms in total. The van der Waals surface area contributed by atoms with Crippen LogP contribution in [0.3, 0.4) is 0 Å². The number of hydrogen-bond donors (Lipinski definition) is 1. The van der Waals surface area contributed by atoms with Crippen LogP contribution in [0.15, 0.2) is 42.5 Å². The lowest BCUT2D eigenvalue weighted by atomic mass is 10.1. The zero-order chi connectivity index (χ0) is 21.2. The zero-order valence-corrected chi connectivity index (χ0v) is 19.1. The Morgan fingerprint density at radius 3 is 2.61 bits per heavy atom. The van der Waals surface area contributed by atoms with Gasteiger partial charge in [0.05, 0.1) is 20.9 Å². The van der Waals surface area contributed by atoms with E-state index in [0.29, 0.717) is 5.91 Å². The Kier molecular flexibility index (Phi) is 6.12. The molecule has 31 heavy (non-hydrogen) atoms. The average molecular weight is 455 g/mol. The molecule has 0 atom stereocenters. The van der Waals surface area contributed by atoms with Crippen molar-refractivity contribution in [2.45, 2.75) is 32.2 Å². The molecule has 1 aliphatic carbocycles. The fraction of sp³-hybridized carbons (Fsp3) is 0.417. The summed E-state index contributed by atoms with van der Waals surface area (Å²) in [5.74, 6) is 0.642. The molecule has 0 unspecified atom stereocenters. The van der Waals surface area contributed by atoms with Gasteiger partial charge >= 0.3 is 0 Å². The Morgan fingerprint density at radius 2 is 1.84 bits per heavy atom. The highest BCUT2D eigenvalue weighted by Crippen LogP contribution is 2.33. The second-order valence-corrected chi connectivity index (χ2v) is 9.88. The normalized spacial score (nSPS) is 18.0. The van der Waals surface area contributed by atoms with Crippen molar-refractivity contribution in [3.63, 3.8) is 0 Å². The fourth-order valence-corrected chi connectivity index (χ4v) is 5.75. The summed E-state index contributed by atoms with van der Waals surface area (Å²) in [7, 11) is 0. The zero-order valence-electron chi connectivity index (χ0n) is 17.5. The Bertz CT molecular complexity index is 1040. The van der Waals surface area contributed by atoms with Crippen LogP contribution in [0.1, 0.15) is 31.2 Å². The molecular weight excluding hydrogens is 428 g/mol. The first kappa shape index (κ1) is 20.7. The van der Waals surface area contributed by atoms with Gasteiger partial charge in [0.15, 0.2) is 5.13 Å². The molecule has 1 saturated carbocycles. The molecule has 162 valence electrons. The molecule has 2 aliphatic rings. The highest BCUT2D eigenvalue weighted by molar-refractivity contribution is 7.22. The molecule has 7 heteroatoms. The molecule has 0 bridgehead atoms. The summed E-state index contributed by atoms with van der Waals surface area (Å²) >= 11 is 8.39. The third-order valence-corrected chi connectivity index (χ3v) is 7.79. The quantitative estimate of drug-likeness (QED) is 0.550. The van der Waals surface area contributed by atoms with Crippen molar-refractivity contribution in [3.05, 3.63) is 53.1 Å². The fourth-order valence-electron chi connectivity index (χ4n) is 4.64. The number of benzene rings is 2. The van der Waals surface area contributed by atoms with Gasteiger partial charge in [-0.15, -0.1) is 0 Å². The highest BCUT2D eigenvalue weighted by atomic mass is 35.5. The smallest absolute Gasteiger partial charge is 0.225 e. The van der Waals surface area contributed by atoms with Gasteiger partial charge in [-0.2, -0.15) is 0 Å². The molecule has 0 spiro atoms. The molecule has 2 fully saturated rings. The molecule has 1 saturated heterocycles. The number of carbonyl (C=O) groups is 1. The lowest BCUT2D eigenvalue weighted by molar-refractivity contribution is -0.137. The van der Waals surface area contributed by atoms with Gasteiger partial charge in [0.1, 0.15) is 0 Å². The number of thiazole rings is 1. The van der Waals surface area contributed by atoms with Crippen molar-refractivity contribution < 1.29 is 4.79 Å². The van der Waals surface area contributed by atoms with E-state index in [-0.39, 0.29) is 5.92 Å². The average Bonchev–Trinajstić information content (AvgIpc) is 3.46. The lowest BCUT2D eigenvalue weighted by Gasteiger charge is -2.36. The Hall–Kier alpha value is -2.15. The van der Waals surface area contributed by atoms with Crippen molar-refractivity contribution in [3.8, 4) is 0 Å². The maximum absolute atomic E-state index is 12.7. The molecular formula is C24H27ClN4OS. The van der Waals surface area contributed by atoms with Gasteiger partial charge in [0.25, 0.3) is 0 Å². The van der Waals surface area contributed by atoms with E-state index in [1.54, 1.807) is 11.3 Å². The molecule has 0 radical (unpaired) electrons. The van der Waals surface area contributed by atoms with Crippen LogP contribution in [0.5, 0.6) is 0 Å². The number of nitrogens with zero attached hydrogens (tertiary/aromatic N) is 3. The first-order valence-electron chi connectivity index (χ1n) is 11.1. The van der Waals surface area contributed by atoms with Crippen LogP contribution in [-0.4, -0.2) is 46.9 Å². The second-order valence-electron chi connectivity index (χ2n) is 8.47. The predicted molar refractivity (Wildman–Crippen MR) is 128 cm³/mol. The van der Waals surface area contributed by atoms with Gasteiger partial charge in [-0.1, -0.05) is 60.0 Å². The van der Waals surface area contributed by atoms with Crippen molar-refractivity contribution in [2.24, 2.45) is 5.92 Å². The Morgan fingerprint density at radius 1 is 1.06 bits per heavy atom. The van der Waals surface area contributed by atoms with Crippen molar-refractivity contribution in [1.29, 1.82) is 0 Å². The molecule has 5 rings (SSSR count). The largest absolute Gasteiger partial charge is 0.340 e. The van der Waals surface area contributed by atoms with Crippen LogP contribution in [-0.2, 0) is 11.3 Å². The SMILES string of the molecule is O=C(C1CCCC1)N1CCN(Cc2cccc(Nc3nc4ccccc4s3)c2Cl)CC1. The minimum Gasteiger partial charge on any atom is -0.340 e. The van der Waals surface area contributed by atoms with E-state index in [1.165, 1.54) is 12.8 Å². The maximum atomic E-state index is 12.7. The number of carbonyl (C=O) groups excluding carboxylic acids is 1. The topological polar surface area (TPSA) is 48.5 Å². The van der Waals surface area contributed by atoms with Gasteiger partial charge in [-0.3, -0.25) is 9.69 Å². The summed E-state index contributed by atoms with van der Waals surface area (Å²) in [6, 6.07) is 14.2. The second kappa shape index (κ2) is 9.15. The molecule has 1 aromatic heterocycles. The highest BCUT2D eigenvalue weighted by Gasteiger charge is 2.29. The molecule has 2 aromatic carbocycles. The van der Waals surface area contributed by atoms with E-state index in [4.69, 9.17) is 11.6 Å². The number of rotatable bonds is 5. The van der Waals surface area contributed by atoms with Crippen molar-refractivity contribution >= 4 is 49.9 Å². The molecule has 2 heterocycles. The van der Waals surface area contributed by atoms with Crippen LogP contribution in [0.4, 0.5) is 10.8 Å². The number of aromatic nitrogens is 1. The summed E-state index contributed by atoms with van der Waals surface area (Å²) in [6.45, 7) is 4.21. The Balaban J connectivity index is 1.22. The van der Waals surface area contributed by atoms with E-state index in [2.05, 4.69) is 32.2 Å². The monoisotopic (exact) mass is 454 g/mol. The van der Waals surface area contributed by atoms with E-state index in [1.807, 2.05) is 30.3 Å². The van der Waals surface area contributed by atoms with Crippen LogP contribution in [0.25, 0.3) is 10.2 Å². The van der Waals surface area contributed by atoms with E-state index in [9.17, 15) is 4.79 Å². The van der Waals surface area contributed by atoms with E-state index >= 15 is 0 Å². The number of amides is 1. The number of para-hydroxylation sites is 1. The maximum Gasteiger partial charge on any atom is 0.225 e. The summed E-state index contributed by atoms with van der Waals surface area (Å²) < 4.78 is 1.15. The summed E-state index contributed by atoms with van der Waals surface area (Å²) in [4.78, 5) is 21.8. The van der Waals surface area contributed by atoms with Gasteiger partial charge in [-0.25, -0.2) is 4.98 Å². The van der Waals surface area contributed by atoms with Crippen LogP contribution in [0, 0.1) is 5.92 Å². The summed E-state index contributed by atoms with van der Waals surface area (Å²) in [5.41, 5.74) is 2.98. The molecule has 3 aromatic rings. The third kappa shape index (κ3) is 4.56. The first-order valence-corrected chi connectivity index (χ1v) is 12.3. The molecule has 1 aliphatic heterocycles. The van der Waals surface area contributed by atoms with Gasteiger partial charge in [0, 0.05) is 38.6 Å². The number of anilines is 2. The minimum absolute atomic E-state index is 0.270. The third-order valence-electron chi connectivity index (χ3n) is 6.40.